The minimum Gasteiger partial charge on any atom is -0.449 e. The standard InChI is InChI=1S/C10H6O5/c11-9-8(15-10(12)13)5-6-3-1-2-4-7(6)14-9/h1-5H,(H,12,13). The van der Waals surface area contributed by atoms with Crippen molar-refractivity contribution in [3.8, 4) is 5.75 Å². The molecule has 1 aromatic heterocycles. The van der Waals surface area contributed by atoms with Crippen molar-refractivity contribution in [1.82, 2.24) is 0 Å². The van der Waals surface area contributed by atoms with Crippen LogP contribution < -0.4 is 10.4 Å². The summed E-state index contributed by atoms with van der Waals surface area (Å²) in [5.74, 6) is -0.332. The average Bonchev–Trinajstić information content (AvgIpc) is 2.18. The third-order valence-electron chi connectivity index (χ3n) is 1.81. The van der Waals surface area contributed by atoms with Crippen LogP contribution in [-0.2, 0) is 0 Å². The predicted molar refractivity (Wildman–Crippen MR) is 51.1 cm³/mol. The molecule has 0 unspecified atom stereocenters. The van der Waals surface area contributed by atoms with Gasteiger partial charge in [0.25, 0.3) is 0 Å². The first-order chi connectivity index (χ1) is 7.16. The second-order valence-corrected chi connectivity index (χ2v) is 2.80. The van der Waals surface area contributed by atoms with Crippen LogP contribution >= 0.6 is 0 Å². The minimum atomic E-state index is -1.54. The van der Waals surface area contributed by atoms with E-state index in [0.717, 1.165) is 0 Å². The fourth-order valence-electron chi connectivity index (χ4n) is 1.21. The van der Waals surface area contributed by atoms with E-state index in [2.05, 4.69) is 4.74 Å². The number of ether oxygens (including phenoxy) is 1. The SMILES string of the molecule is O=C(O)Oc1cc2ccccc2oc1=O. The summed E-state index contributed by atoms with van der Waals surface area (Å²) in [5, 5.41) is 8.97. The zero-order valence-corrected chi connectivity index (χ0v) is 7.47. The van der Waals surface area contributed by atoms with Gasteiger partial charge in [0, 0.05) is 5.39 Å². The molecule has 5 heteroatoms. The van der Waals surface area contributed by atoms with Gasteiger partial charge in [-0.3, -0.25) is 0 Å². The maximum absolute atomic E-state index is 11.2. The van der Waals surface area contributed by atoms with Crippen molar-refractivity contribution in [1.29, 1.82) is 0 Å². The van der Waals surface area contributed by atoms with Crippen molar-refractivity contribution in [2.75, 3.05) is 0 Å². The molecule has 0 saturated heterocycles. The molecular formula is C10H6O5. The smallest absolute Gasteiger partial charge is 0.449 e. The summed E-state index contributed by atoms with van der Waals surface area (Å²) < 4.78 is 9.11. The topological polar surface area (TPSA) is 76.7 Å². The molecule has 2 rings (SSSR count). The van der Waals surface area contributed by atoms with Crippen molar-refractivity contribution in [2.24, 2.45) is 0 Å². The van der Waals surface area contributed by atoms with E-state index in [1.807, 2.05) is 0 Å². The second-order valence-electron chi connectivity index (χ2n) is 2.80. The molecule has 0 fully saturated rings. The van der Waals surface area contributed by atoms with Gasteiger partial charge in [-0.1, -0.05) is 18.2 Å². The summed E-state index contributed by atoms with van der Waals surface area (Å²) in [4.78, 5) is 21.5. The summed E-state index contributed by atoms with van der Waals surface area (Å²) >= 11 is 0. The molecule has 0 atom stereocenters. The maximum Gasteiger partial charge on any atom is 0.511 e. The summed E-state index contributed by atoms with van der Waals surface area (Å²) in [6.45, 7) is 0. The summed E-state index contributed by atoms with van der Waals surface area (Å²) in [5.41, 5.74) is -0.420. The Morgan fingerprint density at radius 2 is 2.07 bits per heavy atom. The number of carbonyl (C=O) groups is 1. The lowest BCUT2D eigenvalue weighted by atomic mass is 10.2. The minimum absolute atomic E-state index is 0.332. The Balaban J connectivity index is 2.62. The molecule has 0 bridgehead atoms. The van der Waals surface area contributed by atoms with Crippen LogP contribution in [0.3, 0.4) is 0 Å². The van der Waals surface area contributed by atoms with Crippen LogP contribution in [0.15, 0.2) is 39.5 Å². The molecule has 1 heterocycles. The quantitative estimate of drug-likeness (QED) is 0.569. The van der Waals surface area contributed by atoms with Crippen LogP contribution in [-0.4, -0.2) is 11.3 Å². The van der Waals surface area contributed by atoms with Gasteiger partial charge in [0.2, 0.25) is 5.75 Å². The van der Waals surface area contributed by atoms with E-state index in [1.54, 1.807) is 24.3 Å². The molecule has 76 valence electrons. The molecular weight excluding hydrogens is 200 g/mol. The first-order valence-electron chi connectivity index (χ1n) is 4.10. The van der Waals surface area contributed by atoms with Gasteiger partial charge in [-0.2, -0.15) is 0 Å². The van der Waals surface area contributed by atoms with Gasteiger partial charge in [0.05, 0.1) is 0 Å². The van der Waals surface area contributed by atoms with E-state index in [-0.39, 0.29) is 5.75 Å². The summed E-state index contributed by atoms with van der Waals surface area (Å²) in [7, 11) is 0. The van der Waals surface area contributed by atoms with Crippen molar-refractivity contribution < 1.29 is 19.1 Å². The molecule has 0 spiro atoms. The van der Waals surface area contributed by atoms with E-state index in [4.69, 9.17) is 9.52 Å². The Kier molecular flexibility index (Phi) is 2.13. The van der Waals surface area contributed by atoms with Gasteiger partial charge in [-0.25, -0.2) is 9.59 Å². The molecule has 5 nitrogen and oxygen atoms in total. The van der Waals surface area contributed by atoms with Crippen LogP contribution in [0.2, 0.25) is 0 Å². The molecule has 0 radical (unpaired) electrons. The fourth-order valence-corrected chi connectivity index (χ4v) is 1.21. The highest BCUT2D eigenvalue weighted by molar-refractivity contribution is 5.78. The number of benzene rings is 1. The first-order valence-corrected chi connectivity index (χ1v) is 4.10. The molecule has 0 saturated carbocycles. The van der Waals surface area contributed by atoms with Crippen molar-refractivity contribution in [2.45, 2.75) is 0 Å². The van der Waals surface area contributed by atoms with E-state index in [0.29, 0.717) is 11.0 Å². The van der Waals surface area contributed by atoms with Crippen LogP contribution in [0.25, 0.3) is 11.0 Å². The van der Waals surface area contributed by atoms with Crippen LogP contribution in [0.5, 0.6) is 5.75 Å². The molecule has 0 aliphatic rings. The Hall–Kier alpha value is -2.30. The lowest BCUT2D eigenvalue weighted by Gasteiger charge is -1.99. The van der Waals surface area contributed by atoms with Gasteiger partial charge in [-0.15, -0.1) is 0 Å². The van der Waals surface area contributed by atoms with Gasteiger partial charge in [0.1, 0.15) is 5.58 Å². The third kappa shape index (κ3) is 1.80. The number of carboxylic acid groups (broad SMARTS) is 1. The van der Waals surface area contributed by atoms with Crippen LogP contribution in [0.1, 0.15) is 0 Å². The highest BCUT2D eigenvalue weighted by atomic mass is 16.7. The van der Waals surface area contributed by atoms with Gasteiger partial charge in [0.15, 0.2) is 0 Å². The lowest BCUT2D eigenvalue weighted by Crippen LogP contribution is -2.11. The number of hydrogen-bond acceptors (Lipinski definition) is 4. The zero-order chi connectivity index (χ0) is 10.8. The normalized spacial score (nSPS) is 10.1. The molecule has 2 aromatic rings. The second kappa shape index (κ2) is 3.45. The molecule has 0 amide bonds. The van der Waals surface area contributed by atoms with Gasteiger partial charge in [-0.05, 0) is 12.1 Å². The van der Waals surface area contributed by atoms with E-state index in [1.165, 1.54) is 6.07 Å². The van der Waals surface area contributed by atoms with Crippen LogP contribution in [0.4, 0.5) is 4.79 Å². The molecule has 1 aromatic carbocycles. The summed E-state index contributed by atoms with van der Waals surface area (Å²) in [6.07, 6.45) is -1.54. The van der Waals surface area contributed by atoms with Gasteiger partial charge < -0.3 is 14.3 Å². The Bertz CT molecular complexity index is 569. The van der Waals surface area contributed by atoms with Crippen molar-refractivity contribution >= 4 is 17.1 Å². The maximum atomic E-state index is 11.2. The number of rotatable bonds is 1. The molecule has 0 aliphatic carbocycles. The summed E-state index contributed by atoms with van der Waals surface area (Å²) in [6, 6.07) is 8.08. The Morgan fingerprint density at radius 3 is 2.80 bits per heavy atom. The first kappa shape index (κ1) is 9.26. The Labute approximate surface area is 83.5 Å². The number of fused-ring (bicyclic) bond motifs is 1. The highest BCUT2D eigenvalue weighted by Crippen LogP contribution is 2.16. The van der Waals surface area contributed by atoms with Crippen molar-refractivity contribution in [3.63, 3.8) is 0 Å². The predicted octanol–water partition coefficient (Wildman–Crippen LogP) is 1.85. The number of hydrogen-bond donors (Lipinski definition) is 1. The van der Waals surface area contributed by atoms with E-state index >= 15 is 0 Å². The molecule has 1 N–H and O–H groups in total. The number of para-hydroxylation sites is 1. The molecule has 0 aliphatic heterocycles. The highest BCUT2D eigenvalue weighted by Gasteiger charge is 2.09. The van der Waals surface area contributed by atoms with Gasteiger partial charge >= 0.3 is 11.8 Å². The molecule has 15 heavy (non-hydrogen) atoms. The van der Waals surface area contributed by atoms with Crippen LogP contribution in [0, 0.1) is 0 Å². The largest absolute Gasteiger partial charge is 0.511 e. The lowest BCUT2D eigenvalue weighted by molar-refractivity contribution is 0.142. The fraction of sp³-hybridized carbons (Fsp3) is 0. The van der Waals surface area contributed by atoms with E-state index < -0.39 is 11.8 Å². The Morgan fingerprint density at radius 1 is 1.33 bits per heavy atom. The van der Waals surface area contributed by atoms with Crippen molar-refractivity contribution in [3.05, 3.63) is 40.8 Å². The van der Waals surface area contributed by atoms with E-state index in [9.17, 15) is 9.59 Å². The average molecular weight is 206 g/mol. The third-order valence-corrected chi connectivity index (χ3v) is 1.81. The zero-order valence-electron chi connectivity index (χ0n) is 7.47. The monoisotopic (exact) mass is 206 g/mol.